The van der Waals surface area contributed by atoms with Crippen LogP contribution in [0.25, 0.3) is 0 Å². The lowest BCUT2D eigenvalue weighted by Crippen LogP contribution is -2.12. The molecule has 0 aliphatic heterocycles. The van der Waals surface area contributed by atoms with Crippen LogP contribution in [0.2, 0.25) is 0 Å². The van der Waals surface area contributed by atoms with Gasteiger partial charge in [-0.15, -0.1) is 0 Å². The van der Waals surface area contributed by atoms with Crippen molar-refractivity contribution in [2.75, 3.05) is 11.9 Å². The maximum Gasteiger partial charge on any atom is 0.259 e. The van der Waals surface area contributed by atoms with E-state index < -0.39 is 0 Å². The molecule has 0 aliphatic rings. The number of anilines is 1. The van der Waals surface area contributed by atoms with Crippen LogP contribution in [0.15, 0.2) is 24.4 Å². The number of nitrogens with one attached hydrogen (secondary N) is 1. The lowest BCUT2D eigenvalue weighted by molar-refractivity contribution is 0.102. The van der Waals surface area contributed by atoms with Gasteiger partial charge in [-0.1, -0.05) is 11.8 Å². The van der Waals surface area contributed by atoms with Gasteiger partial charge in [-0.2, -0.15) is 5.10 Å². The molecular weight excluding hydrogens is 264 g/mol. The first-order chi connectivity index (χ1) is 9.99. The standard InChI is InChI=1S/C16H18N4O/c1-11-7-13(5-4-6-17)9-14(8-11)18-16(21)15-10-20(3)19-12(15)2/h7-10H,6,17H2,1-3H3,(H,18,21). The van der Waals surface area contributed by atoms with Crippen molar-refractivity contribution in [1.29, 1.82) is 0 Å². The fourth-order valence-electron chi connectivity index (χ4n) is 2.10. The normalized spacial score (nSPS) is 9.90. The molecule has 0 atom stereocenters. The van der Waals surface area contributed by atoms with Gasteiger partial charge in [-0.05, 0) is 37.6 Å². The zero-order chi connectivity index (χ0) is 15.4. The van der Waals surface area contributed by atoms with Crippen molar-refractivity contribution in [3.8, 4) is 11.8 Å². The summed E-state index contributed by atoms with van der Waals surface area (Å²) >= 11 is 0. The summed E-state index contributed by atoms with van der Waals surface area (Å²) in [5.41, 5.74) is 9.21. The van der Waals surface area contributed by atoms with Gasteiger partial charge >= 0.3 is 0 Å². The molecule has 1 heterocycles. The SMILES string of the molecule is Cc1cc(C#CCN)cc(NC(=O)c2cn(C)nc2C)c1. The van der Waals surface area contributed by atoms with Crippen molar-refractivity contribution in [2.45, 2.75) is 13.8 Å². The molecule has 0 bridgehead atoms. The highest BCUT2D eigenvalue weighted by Gasteiger charge is 2.12. The number of amides is 1. The summed E-state index contributed by atoms with van der Waals surface area (Å²) in [5.74, 6) is 5.60. The van der Waals surface area contributed by atoms with Gasteiger partial charge in [-0.25, -0.2) is 0 Å². The number of hydrogen-bond acceptors (Lipinski definition) is 3. The van der Waals surface area contributed by atoms with Crippen LogP contribution in [0.4, 0.5) is 5.69 Å². The maximum absolute atomic E-state index is 12.3. The van der Waals surface area contributed by atoms with Crippen molar-refractivity contribution >= 4 is 11.6 Å². The van der Waals surface area contributed by atoms with Crippen molar-refractivity contribution in [3.63, 3.8) is 0 Å². The minimum Gasteiger partial charge on any atom is -0.322 e. The Kier molecular flexibility index (Phi) is 4.41. The van der Waals surface area contributed by atoms with E-state index in [4.69, 9.17) is 5.73 Å². The molecule has 1 aromatic carbocycles. The van der Waals surface area contributed by atoms with Crippen LogP contribution in [0, 0.1) is 25.7 Å². The van der Waals surface area contributed by atoms with E-state index in [1.54, 1.807) is 17.9 Å². The highest BCUT2D eigenvalue weighted by molar-refractivity contribution is 6.05. The quantitative estimate of drug-likeness (QED) is 0.822. The number of hydrogen-bond donors (Lipinski definition) is 2. The van der Waals surface area contributed by atoms with Gasteiger partial charge in [0.15, 0.2) is 0 Å². The van der Waals surface area contributed by atoms with E-state index in [0.717, 1.165) is 11.1 Å². The zero-order valence-corrected chi connectivity index (χ0v) is 12.4. The summed E-state index contributed by atoms with van der Waals surface area (Å²) in [4.78, 5) is 12.3. The molecule has 2 rings (SSSR count). The summed E-state index contributed by atoms with van der Waals surface area (Å²) in [6, 6.07) is 5.68. The Morgan fingerprint density at radius 2 is 2.14 bits per heavy atom. The fourth-order valence-corrected chi connectivity index (χ4v) is 2.10. The molecule has 0 saturated carbocycles. The Labute approximate surface area is 124 Å². The van der Waals surface area contributed by atoms with E-state index in [2.05, 4.69) is 22.3 Å². The Hall–Kier alpha value is -2.58. The minimum absolute atomic E-state index is 0.177. The van der Waals surface area contributed by atoms with Crippen LogP contribution < -0.4 is 11.1 Å². The van der Waals surface area contributed by atoms with Crippen LogP contribution >= 0.6 is 0 Å². The number of nitrogens with two attached hydrogens (primary N) is 1. The monoisotopic (exact) mass is 282 g/mol. The van der Waals surface area contributed by atoms with E-state index >= 15 is 0 Å². The fraction of sp³-hybridized carbons (Fsp3) is 0.250. The number of benzene rings is 1. The molecule has 1 aromatic heterocycles. The number of carbonyl (C=O) groups is 1. The minimum atomic E-state index is -0.177. The second kappa shape index (κ2) is 6.25. The summed E-state index contributed by atoms with van der Waals surface area (Å²) in [6.45, 7) is 4.08. The number of nitrogens with zero attached hydrogens (tertiary/aromatic N) is 2. The highest BCUT2D eigenvalue weighted by atomic mass is 16.1. The van der Waals surface area contributed by atoms with Gasteiger partial charge in [0.1, 0.15) is 0 Å². The Bertz CT molecular complexity index is 734. The third kappa shape index (κ3) is 3.71. The Morgan fingerprint density at radius 1 is 1.38 bits per heavy atom. The summed E-state index contributed by atoms with van der Waals surface area (Å²) in [7, 11) is 1.79. The van der Waals surface area contributed by atoms with Crippen molar-refractivity contribution in [3.05, 3.63) is 46.8 Å². The molecule has 0 fully saturated rings. The Balaban J connectivity index is 2.25. The van der Waals surface area contributed by atoms with E-state index in [0.29, 0.717) is 23.5 Å². The van der Waals surface area contributed by atoms with Crippen LogP contribution in [-0.2, 0) is 7.05 Å². The van der Waals surface area contributed by atoms with Crippen molar-refractivity contribution < 1.29 is 4.79 Å². The van der Waals surface area contributed by atoms with Crippen LogP contribution in [0.1, 0.15) is 27.2 Å². The molecule has 2 aromatic rings. The van der Waals surface area contributed by atoms with Crippen molar-refractivity contribution in [2.24, 2.45) is 12.8 Å². The van der Waals surface area contributed by atoms with Gasteiger partial charge in [0.05, 0.1) is 17.8 Å². The van der Waals surface area contributed by atoms with Gasteiger partial charge in [-0.3, -0.25) is 9.48 Å². The van der Waals surface area contributed by atoms with E-state index in [1.165, 1.54) is 0 Å². The molecule has 0 unspecified atom stereocenters. The van der Waals surface area contributed by atoms with Gasteiger partial charge in [0.25, 0.3) is 5.91 Å². The molecule has 3 N–H and O–H groups in total. The second-order valence-corrected chi connectivity index (χ2v) is 4.85. The molecule has 0 radical (unpaired) electrons. The van der Waals surface area contributed by atoms with Gasteiger partial charge in [0, 0.05) is 24.5 Å². The predicted molar refractivity (Wildman–Crippen MR) is 83.0 cm³/mol. The average Bonchev–Trinajstić information content (AvgIpc) is 2.75. The summed E-state index contributed by atoms with van der Waals surface area (Å²) < 4.78 is 1.62. The number of aryl methyl sites for hydroxylation is 3. The largest absolute Gasteiger partial charge is 0.322 e. The van der Waals surface area contributed by atoms with E-state index in [-0.39, 0.29) is 5.91 Å². The first-order valence-electron chi connectivity index (χ1n) is 6.62. The smallest absolute Gasteiger partial charge is 0.259 e. The maximum atomic E-state index is 12.3. The molecule has 108 valence electrons. The molecule has 5 nitrogen and oxygen atoms in total. The highest BCUT2D eigenvalue weighted by Crippen LogP contribution is 2.16. The first-order valence-corrected chi connectivity index (χ1v) is 6.62. The topological polar surface area (TPSA) is 72.9 Å². The predicted octanol–water partition coefficient (Wildman–Crippen LogP) is 1.60. The molecule has 1 amide bonds. The second-order valence-electron chi connectivity index (χ2n) is 4.85. The molecule has 21 heavy (non-hydrogen) atoms. The lowest BCUT2D eigenvalue weighted by atomic mass is 10.1. The molecule has 5 heteroatoms. The number of rotatable bonds is 2. The van der Waals surface area contributed by atoms with E-state index in [1.807, 2.05) is 32.0 Å². The Morgan fingerprint density at radius 3 is 2.76 bits per heavy atom. The molecule has 0 aliphatic carbocycles. The number of carbonyl (C=O) groups excluding carboxylic acids is 1. The zero-order valence-electron chi connectivity index (χ0n) is 12.4. The van der Waals surface area contributed by atoms with Crippen LogP contribution in [0.5, 0.6) is 0 Å². The average molecular weight is 282 g/mol. The molecule has 0 saturated heterocycles. The molecule has 0 spiro atoms. The van der Waals surface area contributed by atoms with Crippen LogP contribution in [-0.4, -0.2) is 22.2 Å². The summed E-state index contributed by atoms with van der Waals surface area (Å²) in [6.07, 6.45) is 1.70. The van der Waals surface area contributed by atoms with Gasteiger partial charge < -0.3 is 11.1 Å². The van der Waals surface area contributed by atoms with Crippen LogP contribution in [0.3, 0.4) is 0 Å². The van der Waals surface area contributed by atoms with Crippen molar-refractivity contribution in [1.82, 2.24) is 9.78 Å². The third-order valence-electron chi connectivity index (χ3n) is 2.93. The van der Waals surface area contributed by atoms with E-state index in [9.17, 15) is 4.79 Å². The molecular formula is C16H18N4O. The first kappa shape index (κ1) is 14.8. The van der Waals surface area contributed by atoms with Gasteiger partial charge in [0.2, 0.25) is 0 Å². The third-order valence-corrected chi connectivity index (χ3v) is 2.93. The summed E-state index contributed by atoms with van der Waals surface area (Å²) in [5, 5.41) is 7.05. The number of aromatic nitrogens is 2. The lowest BCUT2D eigenvalue weighted by Gasteiger charge is -2.06.